The summed E-state index contributed by atoms with van der Waals surface area (Å²) in [6.07, 6.45) is 4.22. The van der Waals surface area contributed by atoms with Crippen LogP contribution in [0.15, 0.2) is 41.6 Å². The summed E-state index contributed by atoms with van der Waals surface area (Å²) in [5.41, 5.74) is 2.29. The summed E-state index contributed by atoms with van der Waals surface area (Å²) < 4.78 is 41.8. The molecule has 10 heteroatoms. The molecule has 27 heavy (non-hydrogen) atoms. The van der Waals surface area contributed by atoms with Crippen LogP contribution in [0, 0.1) is 5.82 Å². The molecule has 0 saturated carbocycles. The number of nitrogens with zero attached hydrogens (tertiary/aromatic N) is 4. The molecule has 2 N–H and O–H groups in total. The summed E-state index contributed by atoms with van der Waals surface area (Å²) >= 11 is 0. The molecule has 1 saturated heterocycles. The molecule has 3 aromatic rings. The maximum Gasteiger partial charge on any atom is 0.240 e. The molecule has 4 rings (SSSR count). The van der Waals surface area contributed by atoms with Crippen molar-refractivity contribution < 1.29 is 12.8 Å². The van der Waals surface area contributed by atoms with E-state index >= 15 is 0 Å². The third kappa shape index (κ3) is 3.68. The first-order valence-corrected chi connectivity index (χ1v) is 10.2. The smallest absolute Gasteiger partial charge is 0.240 e. The highest BCUT2D eigenvalue weighted by Gasteiger charge is 2.24. The van der Waals surface area contributed by atoms with Gasteiger partial charge in [0.05, 0.1) is 17.1 Å². The molecule has 0 amide bonds. The van der Waals surface area contributed by atoms with E-state index in [2.05, 4.69) is 25.1 Å². The molecule has 1 aliphatic rings. The van der Waals surface area contributed by atoms with Gasteiger partial charge in [-0.1, -0.05) is 0 Å². The van der Waals surface area contributed by atoms with Gasteiger partial charge in [-0.05, 0) is 37.2 Å². The second kappa shape index (κ2) is 7.29. The number of nitrogens with one attached hydrogen (secondary N) is 2. The van der Waals surface area contributed by atoms with Crippen molar-refractivity contribution in [3.05, 3.63) is 48.2 Å². The zero-order valence-electron chi connectivity index (χ0n) is 14.5. The molecule has 1 fully saturated rings. The van der Waals surface area contributed by atoms with Crippen LogP contribution >= 0.6 is 0 Å². The fraction of sp³-hybridized carbons (Fsp3) is 0.353. The molecule has 0 aliphatic carbocycles. The topological polar surface area (TPSA) is 102 Å². The molecule has 1 aromatic carbocycles. The van der Waals surface area contributed by atoms with Crippen LogP contribution in [0.3, 0.4) is 0 Å². The van der Waals surface area contributed by atoms with Crippen LogP contribution in [0.4, 0.5) is 4.39 Å². The van der Waals surface area contributed by atoms with Gasteiger partial charge in [-0.2, -0.15) is 5.10 Å². The molecule has 3 heterocycles. The van der Waals surface area contributed by atoms with Crippen molar-refractivity contribution in [1.29, 1.82) is 0 Å². The molecule has 0 radical (unpaired) electrons. The number of hydrogen-bond acceptors (Lipinski definition) is 6. The lowest BCUT2D eigenvalue weighted by molar-refractivity contribution is 0.559. The third-order valence-corrected chi connectivity index (χ3v) is 6.06. The van der Waals surface area contributed by atoms with Crippen LogP contribution in [0.1, 0.15) is 18.0 Å². The summed E-state index contributed by atoms with van der Waals surface area (Å²) in [7, 11) is -3.71. The van der Waals surface area contributed by atoms with Gasteiger partial charge in [0, 0.05) is 31.4 Å². The number of sulfonamides is 1. The number of hydrogen-bond donors (Lipinski definition) is 2. The molecule has 142 valence electrons. The van der Waals surface area contributed by atoms with Crippen molar-refractivity contribution in [3.8, 4) is 0 Å². The summed E-state index contributed by atoms with van der Waals surface area (Å²) in [4.78, 5) is 8.79. The molecule has 2 aromatic heterocycles. The Morgan fingerprint density at radius 2 is 2.00 bits per heavy atom. The standard InChI is InChI=1S/C17H19FN6O2S/c18-13-1-3-14(4-2-13)27(25,26)22-9-10-24-17-16(20-7-8-21-17)15(23-24)12-5-6-19-11-12/h1-4,7-8,12,19,22H,5-6,9-11H2/t12-/m0/s1. The first kappa shape index (κ1) is 18.0. The van der Waals surface area contributed by atoms with Gasteiger partial charge in [-0.25, -0.2) is 32.2 Å². The Hall–Kier alpha value is -2.43. The lowest BCUT2D eigenvalue weighted by Gasteiger charge is -2.07. The van der Waals surface area contributed by atoms with Crippen LogP contribution in [-0.2, 0) is 16.6 Å². The predicted molar refractivity (Wildman–Crippen MR) is 97.1 cm³/mol. The van der Waals surface area contributed by atoms with Crippen LogP contribution in [-0.4, -0.2) is 47.8 Å². The maximum atomic E-state index is 13.0. The molecular formula is C17H19FN6O2S. The minimum atomic E-state index is -3.71. The fourth-order valence-electron chi connectivity index (χ4n) is 3.23. The predicted octanol–water partition coefficient (Wildman–Crippen LogP) is 1.02. The second-order valence-corrected chi connectivity index (χ2v) is 8.15. The molecule has 1 atom stereocenters. The zero-order chi connectivity index (χ0) is 18.9. The van der Waals surface area contributed by atoms with E-state index in [0.29, 0.717) is 12.2 Å². The van der Waals surface area contributed by atoms with Crippen LogP contribution < -0.4 is 10.0 Å². The zero-order valence-corrected chi connectivity index (χ0v) is 15.3. The van der Waals surface area contributed by atoms with E-state index in [0.717, 1.165) is 42.9 Å². The van der Waals surface area contributed by atoms with E-state index in [1.165, 1.54) is 12.1 Å². The number of fused-ring (bicyclic) bond motifs is 1. The number of aromatic nitrogens is 4. The van der Waals surface area contributed by atoms with Gasteiger partial charge in [0.2, 0.25) is 10.0 Å². The van der Waals surface area contributed by atoms with Gasteiger partial charge in [-0.15, -0.1) is 0 Å². The van der Waals surface area contributed by atoms with Crippen molar-refractivity contribution >= 4 is 21.2 Å². The van der Waals surface area contributed by atoms with E-state index in [9.17, 15) is 12.8 Å². The Labute approximate surface area is 155 Å². The lowest BCUT2D eigenvalue weighted by Crippen LogP contribution is -2.27. The Bertz CT molecular complexity index is 1040. The lowest BCUT2D eigenvalue weighted by atomic mass is 10.0. The minimum absolute atomic E-state index is 0.0201. The molecule has 8 nitrogen and oxygen atoms in total. The number of rotatable bonds is 6. The molecule has 0 bridgehead atoms. The normalized spacial score (nSPS) is 17.6. The molecule has 1 aliphatic heterocycles. The monoisotopic (exact) mass is 390 g/mol. The average molecular weight is 390 g/mol. The summed E-state index contributed by atoms with van der Waals surface area (Å²) in [6, 6.07) is 4.70. The number of halogens is 1. The minimum Gasteiger partial charge on any atom is -0.316 e. The third-order valence-electron chi connectivity index (χ3n) is 4.58. The van der Waals surface area contributed by atoms with Gasteiger partial charge >= 0.3 is 0 Å². The van der Waals surface area contributed by atoms with E-state index in [-0.39, 0.29) is 17.4 Å². The van der Waals surface area contributed by atoms with Crippen molar-refractivity contribution in [1.82, 2.24) is 29.8 Å². The van der Waals surface area contributed by atoms with Crippen molar-refractivity contribution in [2.75, 3.05) is 19.6 Å². The van der Waals surface area contributed by atoms with Crippen molar-refractivity contribution in [3.63, 3.8) is 0 Å². The Kier molecular flexibility index (Phi) is 4.85. The first-order valence-electron chi connectivity index (χ1n) is 8.68. The van der Waals surface area contributed by atoms with Crippen LogP contribution in [0.2, 0.25) is 0 Å². The number of benzene rings is 1. The van der Waals surface area contributed by atoms with E-state index in [1.54, 1.807) is 17.1 Å². The molecule has 0 spiro atoms. The van der Waals surface area contributed by atoms with Gasteiger partial charge in [0.1, 0.15) is 11.3 Å². The average Bonchev–Trinajstić information content (AvgIpc) is 3.30. The largest absolute Gasteiger partial charge is 0.316 e. The van der Waals surface area contributed by atoms with Gasteiger partial charge in [0.15, 0.2) is 5.65 Å². The first-order chi connectivity index (χ1) is 13.0. The Morgan fingerprint density at radius 3 is 2.74 bits per heavy atom. The highest BCUT2D eigenvalue weighted by Crippen LogP contribution is 2.26. The van der Waals surface area contributed by atoms with E-state index in [1.807, 2.05) is 0 Å². The second-order valence-electron chi connectivity index (χ2n) is 6.38. The van der Waals surface area contributed by atoms with Crippen LogP contribution in [0.25, 0.3) is 11.2 Å². The van der Waals surface area contributed by atoms with E-state index < -0.39 is 15.8 Å². The summed E-state index contributed by atoms with van der Waals surface area (Å²) in [5.74, 6) is -0.203. The Balaban J connectivity index is 1.51. The molecule has 0 unspecified atom stereocenters. The Morgan fingerprint density at radius 1 is 1.22 bits per heavy atom. The highest BCUT2D eigenvalue weighted by molar-refractivity contribution is 7.89. The van der Waals surface area contributed by atoms with Crippen molar-refractivity contribution in [2.24, 2.45) is 0 Å². The maximum absolute atomic E-state index is 13.0. The quantitative estimate of drug-likeness (QED) is 0.652. The van der Waals surface area contributed by atoms with Gasteiger partial charge in [0.25, 0.3) is 0 Å². The van der Waals surface area contributed by atoms with Crippen LogP contribution in [0.5, 0.6) is 0 Å². The summed E-state index contributed by atoms with van der Waals surface area (Å²) in [6.45, 7) is 2.24. The molecular weight excluding hydrogens is 371 g/mol. The fourth-order valence-corrected chi connectivity index (χ4v) is 4.25. The van der Waals surface area contributed by atoms with Gasteiger partial charge in [-0.3, -0.25) is 0 Å². The summed E-state index contributed by atoms with van der Waals surface area (Å²) in [5, 5.41) is 7.96. The SMILES string of the molecule is O=S(=O)(NCCn1nc([C@H]2CCNC2)c2nccnc21)c1ccc(F)cc1. The van der Waals surface area contributed by atoms with Gasteiger partial charge < -0.3 is 5.32 Å². The highest BCUT2D eigenvalue weighted by atomic mass is 32.2. The van der Waals surface area contributed by atoms with E-state index in [4.69, 9.17) is 0 Å². The van der Waals surface area contributed by atoms with Crippen molar-refractivity contribution in [2.45, 2.75) is 23.8 Å².